The summed E-state index contributed by atoms with van der Waals surface area (Å²) in [6.07, 6.45) is 1.53. The Balaban J connectivity index is 1.70. The molecule has 0 bridgehead atoms. The van der Waals surface area contributed by atoms with Crippen LogP contribution < -0.4 is 15.4 Å². The van der Waals surface area contributed by atoms with E-state index in [1.54, 1.807) is 36.4 Å². The molecule has 6 nitrogen and oxygen atoms in total. The van der Waals surface area contributed by atoms with Crippen molar-refractivity contribution in [2.45, 2.75) is 13.8 Å². The lowest BCUT2D eigenvalue weighted by atomic mass is 10.2. The van der Waals surface area contributed by atoms with Crippen molar-refractivity contribution in [3.63, 3.8) is 0 Å². The van der Waals surface area contributed by atoms with Gasteiger partial charge in [-0.15, -0.1) is 0 Å². The lowest BCUT2D eigenvalue weighted by Gasteiger charge is -2.09. The number of anilines is 3. The largest absolute Gasteiger partial charge is 0.494 e. The summed E-state index contributed by atoms with van der Waals surface area (Å²) in [7, 11) is 0. The molecule has 0 spiro atoms. The molecule has 138 valence electrons. The first-order valence-electron chi connectivity index (χ1n) is 8.45. The van der Waals surface area contributed by atoms with Crippen molar-refractivity contribution in [1.82, 2.24) is 9.97 Å². The third-order valence-corrected chi connectivity index (χ3v) is 4.15. The summed E-state index contributed by atoms with van der Waals surface area (Å²) in [5.41, 5.74) is 2.63. The molecule has 3 rings (SSSR count). The summed E-state index contributed by atoms with van der Waals surface area (Å²) in [5, 5.41) is 6.49. The van der Waals surface area contributed by atoms with Gasteiger partial charge in [0.1, 0.15) is 11.4 Å². The molecule has 1 aromatic heterocycles. The standard InChI is InChI=1S/C20H19ClN4O2/c1-3-27-16-8-6-14(7-9-16)23-19(26)18-10-11-22-20(25-18)24-15-5-4-13(2)17(21)12-15/h4-12H,3H2,1-2H3,(H,23,26)(H,22,24,25). The zero-order valence-corrected chi connectivity index (χ0v) is 15.7. The highest BCUT2D eigenvalue weighted by molar-refractivity contribution is 6.31. The van der Waals surface area contributed by atoms with Crippen LogP contribution in [0.1, 0.15) is 23.0 Å². The molecule has 0 saturated carbocycles. The van der Waals surface area contributed by atoms with Gasteiger partial charge in [-0.25, -0.2) is 9.97 Å². The van der Waals surface area contributed by atoms with Gasteiger partial charge in [0.2, 0.25) is 5.95 Å². The number of aromatic nitrogens is 2. The maximum Gasteiger partial charge on any atom is 0.274 e. The van der Waals surface area contributed by atoms with Gasteiger partial charge in [0.25, 0.3) is 5.91 Å². The molecule has 0 aliphatic heterocycles. The Morgan fingerprint density at radius 2 is 1.85 bits per heavy atom. The van der Waals surface area contributed by atoms with Crippen LogP contribution in [0, 0.1) is 6.92 Å². The maximum atomic E-state index is 12.4. The summed E-state index contributed by atoms with van der Waals surface area (Å²) < 4.78 is 5.39. The van der Waals surface area contributed by atoms with Crippen LogP contribution in [0.25, 0.3) is 0 Å². The lowest BCUT2D eigenvalue weighted by Crippen LogP contribution is -2.14. The number of aryl methyl sites for hydroxylation is 1. The van der Waals surface area contributed by atoms with Crippen LogP contribution in [0.4, 0.5) is 17.3 Å². The first kappa shape index (κ1) is 18.7. The molecule has 0 fully saturated rings. The summed E-state index contributed by atoms with van der Waals surface area (Å²) in [6, 6.07) is 14.3. The van der Waals surface area contributed by atoms with Crippen molar-refractivity contribution in [1.29, 1.82) is 0 Å². The summed E-state index contributed by atoms with van der Waals surface area (Å²) in [5.74, 6) is 0.738. The molecule has 0 atom stereocenters. The second-order valence-corrected chi connectivity index (χ2v) is 6.17. The van der Waals surface area contributed by atoms with Gasteiger partial charge in [-0.3, -0.25) is 4.79 Å². The fourth-order valence-electron chi connectivity index (χ4n) is 2.34. The predicted octanol–water partition coefficient (Wildman–Crippen LogP) is 4.83. The Morgan fingerprint density at radius 3 is 2.56 bits per heavy atom. The Hall–Kier alpha value is -3.12. The van der Waals surface area contributed by atoms with Gasteiger partial charge in [-0.2, -0.15) is 0 Å². The van der Waals surface area contributed by atoms with Crippen molar-refractivity contribution in [3.8, 4) is 5.75 Å². The lowest BCUT2D eigenvalue weighted by molar-refractivity contribution is 0.102. The van der Waals surface area contributed by atoms with Gasteiger partial charge in [-0.1, -0.05) is 17.7 Å². The van der Waals surface area contributed by atoms with E-state index < -0.39 is 0 Å². The maximum absolute atomic E-state index is 12.4. The van der Waals surface area contributed by atoms with Crippen molar-refractivity contribution in [2.75, 3.05) is 17.2 Å². The topological polar surface area (TPSA) is 76.1 Å². The number of amides is 1. The number of hydrogen-bond donors (Lipinski definition) is 2. The van der Waals surface area contributed by atoms with Crippen molar-refractivity contribution < 1.29 is 9.53 Å². The molecule has 0 unspecified atom stereocenters. The quantitative estimate of drug-likeness (QED) is 0.638. The molecular formula is C20H19ClN4O2. The van der Waals surface area contributed by atoms with Gasteiger partial charge >= 0.3 is 0 Å². The number of carbonyl (C=O) groups excluding carboxylic acids is 1. The van der Waals surface area contributed by atoms with E-state index in [9.17, 15) is 4.79 Å². The number of ether oxygens (including phenoxy) is 1. The minimum Gasteiger partial charge on any atom is -0.494 e. The Bertz CT molecular complexity index is 945. The van der Waals surface area contributed by atoms with Crippen molar-refractivity contribution in [2.24, 2.45) is 0 Å². The zero-order valence-electron chi connectivity index (χ0n) is 15.0. The highest BCUT2D eigenvalue weighted by Crippen LogP contribution is 2.22. The molecule has 0 aliphatic rings. The van der Waals surface area contributed by atoms with Gasteiger partial charge in [0.15, 0.2) is 0 Å². The highest BCUT2D eigenvalue weighted by atomic mass is 35.5. The van der Waals surface area contributed by atoms with Crippen LogP contribution in [0.15, 0.2) is 54.7 Å². The molecule has 2 aromatic carbocycles. The zero-order chi connectivity index (χ0) is 19.2. The number of benzene rings is 2. The Kier molecular flexibility index (Phi) is 5.88. The molecule has 7 heteroatoms. The minimum absolute atomic E-state index is 0.250. The van der Waals surface area contributed by atoms with E-state index >= 15 is 0 Å². The second-order valence-electron chi connectivity index (χ2n) is 5.77. The number of hydrogen-bond acceptors (Lipinski definition) is 5. The van der Waals surface area contributed by atoms with E-state index in [2.05, 4.69) is 20.6 Å². The fraction of sp³-hybridized carbons (Fsp3) is 0.150. The number of nitrogens with one attached hydrogen (secondary N) is 2. The number of carbonyl (C=O) groups is 1. The Labute approximate surface area is 162 Å². The van der Waals surface area contributed by atoms with Crippen molar-refractivity contribution >= 4 is 34.8 Å². The third kappa shape index (κ3) is 4.95. The second kappa shape index (κ2) is 8.51. The fourth-order valence-corrected chi connectivity index (χ4v) is 2.52. The normalized spacial score (nSPS) is 10.3. The number of rotatable bonds is 6. The molecule has 0 saturated heterocycles. The molecule has 27 heavy (non-hydrogen) atoms. The van der Waals surface area contributed by atoms with Crippen LogP contribution >= 0.6 is 11.6 Å². The molecule has 1 heterocycles. The average Bonchev–Trinajstić information content (AvgIpc) is 2.67. The van der Waals surface area contributed by atoms with Crippen LogP contribution in [0.3, 0.4) is 0 Å². The van der Waals surface area contributed by atoms with Gasteiger partial charge in [0, 0.05) is 22.6 Å². The summed E-state index contributed by atoms with van der Waals surface area (Å²) >= 11 is 6.13. The van der Waals surface area contributed by atoms with Crippen LogP contribution in [-0.2, 0) is 0 Å². The van der Waals surface area contributed by atoms with E-state index in [4.69, 9.17) is 16.3 Å². The summed E-state index contributed by atoms with van der Waals surface area (Å²) in [4.78, 5) is 20.9. The predicted molar refractivity (Wildman–Crippen MR) is 107 cm³/mol. The van der Waals surface area contributed by atoms with Gasteiger partial charge in [0.05, 0.1) is 6.61 Å². The molecule has 2 N–H and O–H groups in total. The van der Waals surface area contributed by atoms with E-state index in [1.807, 2.05) is 26.0 Å². The summed E-state index contributed by atoms with van der Waals surface area (Å²) in [6.45, 7) is 4.43. The molecule has 3 aromatic rings. The van der Waals surface area contributed by atoms with E-state index in [0.29, 0.717) is 23.3 Å². The molecule has 0 aliphatic carbocycles. The average molecular weight is 383 g/mol. The van der Waals surface area contributed by atoms with E-state index in [1.165, 1.54) is 6.20 Å². The highest BCUT2D eigenvalue weighted by Gasteiger charge is 2.10. The Morgan fingerprint density at radius 1 is 1.11 bits per heavy atom. The van der Waals surface area contributed by atoms with Gasteiger partial charge in [-0.05, 0) is 61.9 Å². The first-order chi connectivity index (χ1) is 13.0. The van der Waals surface area contributed by atoms with Crippen LogP contribution in [0.5, 0.6) is 5.75 Å². The minimum atomic E-state index is -0.327. The number of halogens is 1. The van der Waals surface area contributed by atoms with Crippen LogP contribution in [0.2, 0.25) is 5.02 Å². The van der Waals surface area contributed by atoms with E-state index in [0.717, 1.165) is 17.0 Å². The van der Waals surface area contributed by atoms with Gasteiger partial charge < -0.3 is 15.4 Å². The smallest absolute Gasteiger partial charge is 0.274 e. The van der Waals surface area contributed by atoms with Crippen LogP contribution in [-0.4, -0.2) is 22.5 Å². The molecule has 1 amide bonds. The first-order valence-corrected chi connectivity index (χ1v) is 8.83. The monoisotopic (exact) mass is 382 g/mol. The number of nitrogens with zero attached hydrogens (tertiary/aromatic N) is 2. The molecule has 0 radical (unpaired) electrons. The van der Waals surface area contributed by atoms with Crippen molar-refractivity contribution in [3.05, 3.63) is 71.0 Å². The van der Waals surface area contributed by atoms with E-state index in [-0.39, 0.29) is 11.6 Å². The SMILES string of the molecule is CCOc1ccc(NC(=O)c2ccnc(Nc3ccc(C)c(Cl)c3)n2)cc1. The third-order valence-electron chi connectivity index (χ3n) is 3.74. The molecular weight excluding hydrogens is 364 g/mol.